The van der Waals surface area contributed by atoms with Crippen LogP contribution in [0.1, 0.15) is 41.0 Å². The zero-order valence-electron chi connectivity index (χ0n) is 17.6. The Morgan fingerprint density at radius 3 is 2.74 bits per heavy atom. The Morgan fingerprint density at radius 2 is 2.03 bits per heavy atom. The van der Waals surface area contributed by atoms with Gasteiger partial charge in [0.2, 0.25) is 5.91 Å². The van der Waals surface area contributed by atoms with Crippen LogP contribution in [0.4, 0.5) is 0 Å². The molecular formula is C22H28BrN5O2S. The molecule has 1 aromatic carbocycles. The molecule has 0 aliphatic carbocycles. The van der Waals surface area contributed by atoms with E-state index in [-0.39, 0.29) is 17.4 Å². The van der Waals surface area contributed by atoms with E-state index in [9.17, 15) is 9.59 Å². The van der Waals surface area contributed by atoms with Gasteiger partial charge < -0.3 is 20.5 Å². The summed E-state index contributed by atoms with van der Waals surface area (Å²) in [5, 5.41) is 6.64. The van der Waals surface area contributed by atoms with Crippen LogP contribution in [0.2, 0.25) is 0 Å². The van der Waals surface area contributed by atoms with Crippen LogP contribution < -0.4 is 10.6 Å². The van der Waals surface area contributed by atoms with Gasteiger partial charge in [0.25, 0.3) is 5.91 Å². The number of hydrogen-bond donors (Lipinski definition) is 3. The van der Waals surface area contributed by atoms with Gasteiger partial charge in [0.1, 0.15) is 6.04 Å². The van der Waals surface area contributed by atoms with Gasteiger partial charge in [-0.05, 0) is 55.5 Å². The number of benzene rings is 1. The number of aromatic amines is 1. The molecule has 9 heteroatoms. The second kappa shape index (κ2) is 9.75. The highest BCUT2D eigenvalue weighted by Crippen LogP contribution is 2.36. The minimum absolute atomic E-state index is 0.00687. The molecule has 1 aromatic heterocycles. The van der Waals surface area contributed by atoms with E-state index in [0.717, 1.165) is 41.7 Å². The molecule has 0 bridgehead atoms. The Kier molecular flexibility index (Phi) is 7.03. The number of nitrogens with zero attached hydrogens (tertiary/aromatic N) is 2. The van der Waals surface area contributed by atoms with Gasteiger partial charge in [0.15, 0.2) is 0 Å². The molecule has 0 saturated carbocycles. The van der Waals surface area contributed by atoms with Crippen molar-refractivity contribution < 1.29 is 9.59 Å². The Bertz CT molecular complexity index is 924. The molecule has 166 valence electrons. The van der Waals surface area contributed by atoms with E-state index >= 15 is 0 Å². The third-order valence-electron chi connectivity index (χ3n) is 6.26. The molecule has 2 amide bonds. The van der Waals surface area contributed by atoms with Crippen molar-refractivity contribution in [2.45, 2.75) is 37.3 Å². The van der Waals surface area contributed by atoms with Gasteiger partial charge in [0, 0.05) is 41.8 Å². The number of hydrogen-bond acceptors (Lipinski definition) is 5. The van der Waals surface area contributed by atoms with Gasteiger partial charge in [-0.3, -0.25) is 9.59 Å². The monoisotopic (exact) mass is 505 g/mol. The lowest BCUT2D eigenvalue weighted by molar-refractivity contribution is -0.135. The number of fused-ring (bicyclic) bond motifs is 2. The summed E-state index contributed by atoms with van der Waals surface area (Å²) in [5.74, 6) is 0.607. The highest BCUT2D eigenvalue weighted by atomic mass is 79.9. The Labute approximate surface area is 195 Å². The quantitative estimate of drug-likeness (QED) is 0.561. The van der Waals surface area contributed by atoms with Crippen LogP contribution in [0.3, 0.4) is 0 Å². The van der Waals surface area contributed by atoms with E-state index in [1.807, 2.05) is 23.3 Å². The van der Waals surface area contributed by atoms with Crippen molar-refractivity contribution in [2.24, 2.45) is 0 Å². The maximum Gasteiger partial charge on any atom is 0.251 e. The molecule has 0 radical (unpaired) electrons. The highest BCUT2D eigenvalue weighted by molar-refractivity contribution is 9.10. The third kappa shape index (κ3) is 4.83. The molecule has 7 nitrogen and oxygen atoms in total. The first kappa shape index (κ1) is 22.4. The van der Waals surface area contributed by atoms with Crippen molar-refractivity contribution in [3.05, 3.63) is 52.0 Å². The number of imidazole rings is 1. The van der Waals surface area contributed by atoms with Crippen molar-refractivity contribution in [2.75, 3.05) is 31.6 Å². The second-order valence-electron chi connectivity index (χ2n) is 8.13. The number of carbonyl (C=O) groups excluding carboxylic acids is 2. The lowest BCUT2D eigenvalue weighted by Crippen LogP contribution is -2.57. The van der Waals surface area contributed by atoms with E-state index in [0.29, 0.717) is 25.1 Å². The molecule has 1 saturated heterocycles. The first-order valence-corrected chi connectivity index (χ1v) is 12.8. The van der Waals surface area contributed by atoms with Gasteiger partial charge in [-0.1, -0.05) is 15.9 Å². The first-order chi connectivity index (χ1) is 15.0. The highest BCUT2D eigenvalue weighted by Gasteiger charge is 2.42. The maximum atomic E-state index is 13.3. The van der Waals surface area contributed by atoms with Crippen LogP contribution in [0, 0.1) is 0 Å². The van der Waals surface area contributed by atoms with Crippen LogP contribution in [0.25, 0.3) is 0 Å². The summed E-state index contributed by atoms with van der Waals surface area (Å²) in [7, 11) is 0. The fourth-order valence-electron chi connectivity index (χ4n) is 4.51. The number of piperidine rings is 1. The minimum Gasteiger partial charge on any atom is -0.348 e. The molecule has 3 heterocycles. The predicted octanol–water partition coefficient (Wildman–Crippen LogP) is 2.69. The van der Waals surface area contributed by atoms with Gasteiger partial charge in [-0.15, -0.1) is 0 Å². The van der Waals surface area contributed by atoms with Crippen LogP contribution >= 0.6 is 27.7 Å². The zero-order valence-corrected chi connectivity index (χ0v) is 20.0. The molecule has 1 spiro atoms. The molecule has 3 N–H and O–H groups in total. The SMILES string of the molecule is CSCC[C@@H](NC(=O)c1ccc(Br)cc1)C(=O)N1CCC2(CC1)NCCc1[nH]cnc12. The topological polar surface area (TPSA) is 90.1 Å². The summed E-state index contributed by atoms with van der Waals surface area (Å²) < 4.78 is 0.915. The molecule has 1 atom stereocenters. The molecule has 31 heavy (non-hydrogen) atoms. The molecule has 0 unspecified atom stereocenters. The van der Waals surface area contributed by atoms with Gasteiger partial charge in [0.05, 0.1) is 17.6 Å². The van der Waals surface area contributed by atoms with E-state index < -0.39 is 6.04 Å². The number of nitrogens with one attached hydrogen (secondary N) is 3. The first-order valence-electron chi connectivity index (χ1n) is 10.6. The van der Waals surface area contributed by atoms with E-state index in [1.54, 1.807) is 30.2 Å². The van der Waals surface area contributed by atoms with Gasteiger partial charge in [-0.2, -0.15) is 11.8 Å². The summed E-state index contributed by atoms with van der Waals surface area (Å²) in [4.78, 5) is 35.8. The number of halogens is 1. The standard InChI is InChI=1S/C22H28BrN5O2S/c1-31-13-7-18(27-20(29)15-2-4-16(23)5-3-15)21(30)28-11-8-22(9-12-28)19-17(6-10-26-22)24-14-25-19/h2-5,14,18,26H,6-13H2,1H3,(H,24,25)(H,27,29)/t18-/m1/s1. The third-order valence-corrected chi connectivity index (χ3v) is 7.43. The van der Waals surface area contributed by atoms with E-state index in [4.69, 9.17) is 0 Å². The molecule has 2 aliphatic rings. The lowest BCUT2D eigenvalue weighted by Gasteiger charge is -2.44. The number of likely N-dealkylation sites (tertiary alicyclic amines) is 1. The molecule has 2 aromatic rings. The fourth-order valence-corrected chi connectivity index (χ4v) is 5.25. The second-order valence-corrected chi connectivity index (χ2v) is 10.0. The summed E-state index contributed by atoms with van der Waals surface area (Å²) >= 11 is 5.07. The molecular weight excluding hydrogens is 478 g/mol. The van der Waals surface area contributed by atoms with Crippen molar-refractivity contribution in [3.63, 3.8) is 0 Å². The van der Waals surface area contributed by atoms with E-state index in [1.165, 1.54) is 5.69 Å². The summed E-state index contributed by atoms with van der Waals surface area (Å²) in [6.45, 7) is 2.23. The molecule has 1 fully saturated rings. The summed E-state index contributed by atoms with van der Waals surface area (Å²) in [6.07, 6.45) is 7.01. The summed E-state index contributed by atoms with van der Waals surface area (Å²) in [5.41, 5.74) is 2.71. The number of H-pyrrole nitrogens is 1. The van der Waals surface area contributed by atoms with Crippen molar-refractivity contribution in [1.29, 1.82) is 0 Å². The fraction of sp³-hybridized carbons (Fsp3) is 0.500. The van der Waals surface area contributed by atoms with Crippen LogP contribution in [-0.2, 0) is 16.8 Å². The number of aromatic nitrogens is 2. The van der Waals surface area contributed by atoms with Crippen molar-refractivity contribution >= 4 is 39.5 Å². The van der Waals surface area contributed by atoms with Crippen molar-refractivity contribution in [1.82, 2.24) is 25.5 Å². The van der Waals surface area contributed by atoms with Gasteiger partial charge in [-0.25, -0.2) is 4.98 Å². The number of rotatable bonds is 6. The number of amides is 2. The Morgan fingerprint density at radius 1 is 1.29 bits per heavy atom. The van der Waals surface area contributed by atoms with Crippen LogP contribution in [0.5, 0.6) is 0 Å². The number of thioether (sulfide) groups is 1. The predicted molar refractivity (Wildman–Crippen MR) is 126 cm³/mol. The largest absolute Gasteiger partial charge is 0.348 e. The average Bonchev–Trinajstić information content (AvgIpc) is 3.28. The minimum atomic E-state index is -0.516. The Balaban J connectivity index is 1.42. The Hall–Kier alpha value is -1.84. The summed E-state index contributed by atoms with van der Waals surface area (Å²) in [6, 6.07) is 6.67. The van der Waals surface area contributed by atoms with E-state index in [2.05, 4.69) is 36.5 Å². The normalized spacial score (nSPS) is 18.5. The lowest BCUT2D eigenvalue weighted by atomic mass is 9.80. The van der Waals surface area contributed by atoms with Gasteiger partial charge >= 0.3 is 0 Å². The van der Waals surface area contributed by atoms with Crippen molar-refractivity contribution in [3.8, 4) is 0 Å². The van der Waals surface area contributed by atoms with Crippen LogP contribution in [-0.4, -0.2) is 64.4 Å². The maximum absolute atomic E-state index is 13.3. The molecule has 4 rings (SSSR count). The molecule has 2 aliphatic heterocycles. The smallest absolute Gasteiger partial charge is 0.251 e. The number of carbonyl (C=O) groups is 2. The zero-order chi connectivity index (χ0) is 21.8. The average molecular weight is 506 g/mol. The van der Waals surface area contributed by atoms with Crippen LogP contribution in [0.15, 0.2) is 35.1 Å².